The van der Waals surface area contributed by atoms with Crippen molar-refractivity contribution in [2.45, 2.75) is 17.4 Å². The van der Waals surface area contributed by atoms with Crippen molar-refractivity contribution in [2.75, 3.05) is 0 Å². The van der Waals surface area contributed by atoms with Gasteiger partial charge in [0.05, 0.1) is 0 Å². The van der Waals surface area contributed by atoms with Crippen LogP contribution in [0.2, 0.25) is 0 Å². The van der Waals surface area contributed by atoms with E-state index >= 15 is 0 Å². The van der Waals surface area contributed by atoms with Crippen LogP contribution in [0.5, 0.6) is 0 Å². The second-order valence-corrected chi connectivity index (χ2v) is 3.86. The van der Waals surface area contributed by atoms with Gasteiger partial charge in [0.2, 0.25) is 0 Å². The van der Waals surface area contributed by atoms with E-state index in [4.69, 9.17) is 5.73 Å². The first-order chi connectivity index (χ1) is 5.25. The van der Waals surface area contributed by atoms with E-state index in [0.29, 0.717) is 0 Å². The van der Waals surface area contributed by atoms with Gasteiger partial charge in [-0.2, -0.15) is 0 Å². The molecule has 1 unspecified atom stereocenters. The number of hydrogen-bond acceptors (Lipinski definition) is 1. The van der Waals surface area contributed by atoms with Crippen LogP contribution in [0.4, 0.5) is 0 Å². The zero-order chi connectivity index (χ0) is 8.27. The summed E-state index contributed by atoms with van der Waals surface area (Å²) in [4.78, 5) is 0. The van der Waals surface area contributed by atoms with Gasteiger partial charge >= 0.3 is 81.1 Å². The van der Waals surface area contributed by atoms with Gasteiger partial charge in [-0.1, -0.05) is 0 Å². The molecule has 58 valence electrons. The minimum absolute atomic E-state index is 0.179. The Bertz CT molecular complexity index is 233. The average molecular weight is 254 g/mol. The standard InChI is InChI=1S/C9H12N.Sn.H/c1-7-5-3-4-6-9(7)8(2)10;;/h3-6,8H,1,10H2,2H3;;. The Morgan fingerprint density at radius 1 is 1.45 bits per heavy atom. The van der Waals surface area contributed by atoms with Crippen molar-refractivity contribution in [3.63, 3.8) is 0 Å². The van der Waals surface area contributed by atoms with Crippen LogP contribution in [0, 0.1) is 0 Å². The predicted molar refractivity (Wildman–Crippen MR) is 49.9 cm³/mol. The van der Waals surface area contributed by atoms with Crippen molar-refractivity contribution in [1.82, 2.24) is 0 Å². The van der Waals surface area contributed by atoms with Crippen LogP contribution < -0.4 is 5.73 Å². The summed E-state index contributed by atoms with van der Waals surface area (Å²) in [6, 6.07) is 8.61. The van der Waals surface area contributed by atoms with Gasteiger partial charge in [0, 0.05) is 0 Å². The fourth-order valence-electron chi connectivity index (χ4n) is 1.16. The molecule has 0 fully saturated rings. The predicted octanol–water partition coefficient (Wildman–Crippen LogP) is 1.11. The first-order valence-corrected chi connectivity index (χ1v) is 6.12. The average Bonchev–Trinajstić information content (AvgIpc) is 2.04. The molecule has 0 aliphatic carbocycles. The Morgan fingerprint density at radius 3 is 2.55 bits per heavy atom. The quantitative estimate of drug-likeness (QED) is 0.786. The Kier molecular flexibility index (Phi) is 3.39. The van der Waals surface area contributed by atoms with E-state index in [2.05, 4.69) is 24.3 Å². The van der Waals surface area contributed by atoms with E-state index in [1.807, 2.05) is 6.92 Å². The normalized spacial score (nSPS) is 13.0. The molecule has 0 aliphatic heterocycles. The van der Waals surface area contributed by atoms with Crippen molar-refractivity contribution >= 4 is 22.5 Å². The molecule has 0 aromatic heterocycles. The number of nitrogens with two attached hydrogens (primary N) is 1. The molecule has 1 nitrogen and oxygen atoms in total. The second-order valence-electron chi connectivity index (χ2n) is 2.69. The van der Waals surface area contributed by atoms with E-state index in [9.17, 15) is 0 Å². The van der Waals surface area contributed by atoms with Crippen molar-refractivity contribution in [1.29, 1.82) is 0 Å². The minimum atomic E-state index is 0.179. The molecule has 0 saturated heterocycles. The van der Waals surface area contributed by atoms with Gasteiger partial charge in [-0.25, -0.2) is 0 Å². The van der Waals surface area contributed by atoms with Crippen molar-refractivity contribution in [3.05, 3.63) is 35.4 Å². The van der Waals surface area contributed by atoms with Crippen LogP contribution in [-0.2, 0) is 4.44 Å². The first kappa shape index (κ1) is 9.07. The van der Waals surface area contributed by atoms with Crippen molar-refractivity contribution in [3.8, 4) is 0 Å². The Morgan fingerprint density at radius 2 is 2.09 bits per heavy atom. The van der Waals surface area contributed by atoms with Gasteiger partial charge < -0.3 is 0 Å². The third kappa shape index (κ3) is 2.20. The molecule has 0 amide bonds. The zero-order valence-electron chi connectivity index (χ0n) is 6.75. The molecule has 0 saturated carbocycles. The maximum absolute atomic E-state index is 5.80. The molecule has 1 aromatic carbocycles. The van der Waals surface area contributed by atoms with Gasteiger partial charge in [0.1, 0.15) is 0 Å². The molecular weight excluding hydrogens is 241 g/mol. The van der Waals surface area contributed by atoms with Crippen molar-refractivity contribution < 1.29 is 0 Å². The van der Waals surface area contributed by atoms with Gasteiger partial charge in [0.25, 0.3) is 0 Å². The summed E-state index contributed by atoms with van der Waals surface area (Å²) in [7, 11) is 0. The van der Waals surface area contributed by atoms with Crippen molar-refractivity contribution in [2.24, 2.45) is 5.73 Å². The van der Waals surface area contributed by atoms with E-state index in [1.54, 1.807) is 0 Å². The summed E-state index contributed by atoms with van der Waals surface area (Å²) in [6.07, 6.45) is 0. The monoisotopic (exact) mass is 255 g/mol. The first-order valence-electron chi connectivity index (χ1n) is 3.79. The van der Waals surface area contributed by atoms with Crippen LogP contribution >= 0.6 is 0 Å². The van der Waals surface area contributed by atoms with Gasteiger partial charge in [-0.05, 0) is 0 Å². The van der Waals surface area contributed by atoms with Crippen LogP contribution in [0.1, 0.15) is 24.1 Å². The third-order valence-corrected chi connectivity index (χ3v) is 3.02. The molecule has 0 aliphatic rings. The molecule has 0 spiro atoms. The SMILES string of the molecule is CC(N)c1ccccc1[CH2][SnH]. The van der Waals surface area contributed by atoms with Crippen LogP contribution in [0.25, 0.3) is 0 Å². The van der Waals surface area contributed by atoms with E-state index in [1.165, 1.54) is 38.1 Å². The molecule has 11 heavy (non-hydrogen) atoms. The fourth-order valence-corrected chi connectivity index (χ4v) is 2.23. The van der Waals surface area contributed by atoms with E-state index < -0.39 is 0 Å². The van der Waals surface area contributed by atoms with E-state index in [0.717, 1.165) is 0 Å². The summed E-state index contributed by atoms with van der Waals surface area (Å²) >= 11 is 1.28. The number of hydrogen-bond donors (Lipinski definition) is 1. The third-order valence-electron chi connectivity index (χ3n) is 1.77. The summed E-state index contributed by atoms with van der Waals surface area (Å²) in [5.74, 6) is 0. The fraction of sp³-hybridized carbons (Fsp3) is 0.333. The molecule has 1 aromatic rings. The molecular formula is C9H13NSn. The molecule has 2 heteroatoms. The van der Waals surface area contributed by atoms with Gasteiger partial charge in [-0.3, -0.25) is 0 Å². The second kappa shape index (κ2) is 4.12. The number of benzene rings is 1. The van der Waals surface area contributed by atoms with Crippen LogP contribution in [0.3, 0.4) is 0 Å². The Hall–Kier alpha value is -0.0213. The maximum atomic E-state index is 5.80. The molecule has 1 rings (SSSR count). The summed E-state index contributed by atoms with van der Waals surface area (Å²) < 4.78 is 1.20. The molecule has 2 radical (unpaired) electrons. The van der Waals surface area contributed by atoms with Gasteiger partial charge in [0.15, 0.2) is 0 Å². The Balaban J connectivity index is 3.02. The summed E-state index contributed by atoms with van der Waals surface area (Å²) in [5, 5.41) is 0. The van der Waals surface area contributed by atoms with Crippen LogP contribution in [-0.4, -0.2) is 22.5 Å². The zero-order valence-corrected chi connectivity index (χ0v) is 10.0. The Labute approximate surface area is 81.1 Å². The van der Waals surface area contributed by atoms with Crippen LogP contribution in [0.15, 0.2) is 24.3 Å². The topological polar surface area (TPSA) is 26.0 Å². The molecule has 2 N–H and O–H groups in total. The molecule has 0 heterocycles. The van der Waals surface area contributed by atoms with E-state index in [-0.39, 0.29) is 6.04 Å². The van der Waals surface area contributed by atoms with Gasteiger partial charge in [-0.15, -0.1) is 0 Å². The molecule has 0 bridgehead atoms. The summed E-state index contributed by atoms with van der Waals surface area (Å²) in [6.45, 7) is 2.04. The molecule has 1 atom stereocenters. The number of rotatable bonds is 2. The summed E-state index contributed by atoms with van der Waals surface area (Å²) in [5.41, 5.74) is 8.53.